The van der Waals surface area contributed by atoms with Crippen molar-refractivity contribution in [2.24, 2.45) is 0 Å². The molecule has 2 unspecified atom stereocenters. The Hall–Kier alpha value is -1.27. The number of nitrogens with zero attached hydrogens (tertiary/aromatic N) is 2. The van der Waals surface area contributed by atoms with E-state index in [-0.39, 0.29) is 17.9 Å². The van der Waals surface area contributed by atoms with Crippen LogP contribution in [0, 0.1) is 5.82 Å². The van der Waals surface area contributed by atoms with Gasteiger partial charge in [-0.2, -0.15) is 5.10 Å². The van der Waals surface area contributed by atoms with E-state index >= 15 is 0 Å². The van der Waals surface area contributed by atoms with E-state index in [1.54, 1.807) is 6.07 Å². The first-order chi connectivity index (χ1) is 8.58. The van der Waals surface area contributed by atoms with Gasteiger partial charge in [0.25, 0.3) is 0 Å². The van der Waals surface area contributed by atoms with Crippen LogP contribution >= 0.6 is 15.9 Å². The van der Waals surface area contributed by atoms with E-state index in [0.717, 1.165) is 10.3 Å². The minimum Gasteiger partial charge on any atom is -0.301 e. The largest absolute Gasteiger partial charge is 0.301 e. The number of benzene rings is 1. The Morgan fingerprint density at radius 3 is 2.72 bits per heavy atom. The van der Waals surface area contributed by atoms with E-state index in [1.807, 2.05) is 19.9 Å². The van der Waals surface area contributed by atoms with Gasteiger partial charge in [-0.25, -0.2) is 9.37 Å². The highest BCUT2D eigenvalue weighted by atomic mass is 79.9. The molecule has 2 atom stereocenters. The van der Waals surface area contributed by atoms with Crippen molar-refractivity contribution in [2.45, 2.75) is 25.9 Å². The maximum atomic E-state index is 13.8. The van der Waals surface area contributed by atoms with Crippen molar-refractivity contribution < 1.29 is 4.39 Å². The molecular weight excluding hydrogens is 299 g/mol. The quantitative estimate of drug-likeness (QED) is 0.912. The minimum atomic E-state index is -0.228. The van der Waals surface area contributed by atoms with Crippen LogP contribution in [0.4, 0.5) is 4.39 Å². The van der Waals surface area contributed by atoms with Crippen LogP contribution in [0.3, 0.4) is 0 Å². The zero-order valence-electron chi connectivity index (χ0n) is 10.1. The third kappa shape index (κ3) is 2.94. The number of halogens is 2. The molecule has 6 heteroatoms. The molecule has 0 fully saturated rings. The van der Waals surface area contributed by atoms with E-state index in [2.05, 4.69) is 36.4 Å². The van der Waals surface area contributed by atoms with Gasteiger partial charge < -0.3 is 5.32 Å². The fourth-order valence-corrected chi connectivity index (χ4v) is 2.15. The number of aromatic amines is 1. The van der Waals surface area contributed by atoms with Gasteiger partial charge in [0.15, 0.2) is 0 Å². The molecule has 0 saturated heterocycles. The standard InChI is InChI=1S/C12H14BrFN4/c1-7(10-4-3-9(13)5-11(10)14)17-8(2)12-15-6-16-18-12/h3-8,17H,1-2H3,(H,15,16,18). The monoisotopic (exact) mass is 312 g/mol. The van der Waals surface area contributed by atoms with E-state index in [0.29, 0.717) is 5.56 Å². The first kappa shape index (κ1) is 13.2. The first-order valence-corrected chi connectivity index (χ1v) is 6.43. The summed E-state index contributed by atoms with van der Waals surface area (Å²) in [7, 11) is 0. The number of hydrogen-bond acceptors (Lipinski definition) is 3. The van der Waals surface area contributed by atoms with Gasteiger partial charge in [0, 0.05) is 16.1 Å². The maximum absolute atomic E-state index is 13.8. The Morgan fingerprint density at radius 2 is 2.11 bits per heavy atom. The highest BCUT2D eigenvalue weighted by Gasteiger charge is 2.15. The normalized spacial score (nSPS) is 14.4. The minimum absolute atomic E-state index is 0.0226. The topological polar surface area (TPSA) is 53.6 Å². The average molecular weight is 313 g/mol. The highest BCUT2D eigenvalue weighted by Crippen LogP contribution is 2.22. The number of aromatic nitrogens is 3. The molecule has 0 saturated carbocycles. The number of rotatable bonds is 4. The van der Waals surface area contributed by atoms with Crippen LogP contribution in [0.1, 0.15) is 37.3 Å². The van der Waals surface area contributed by atoms with Crippen LogP contribution in [0.2, 0.25) is 0 Å². The summed E-state index contributed by atoms with van der Waals surface area (Å²) in [6, 6.07) is 4.93. The fourth-order valence-electron chi connectivity index (χ4n) is 1.82. The third-order valence-corrected chi connectivity index (χ3v) is 3.27. The lowest BCUT2D eigenvalue weighted by Crippen LogP contribution is -2.24. The van der Waals surface area contributed by atoms with Gasteiger partial charge in [-0.15, -0.1) is 0 Å². The zero-order chi connectivity index (χ0) is 13.1. The smallest absolute Gasteiger partial charge is 0.141 e. The van der Waals surface area contributed by atoms with Crippen LogP contribution in [-0.2, 0) is 0 Å². The Balaban J connectivity index is 2.10. The lowest BCUT2D eigenvalue weighted by Gasteiger charge is -2.19. The Morgan fingerprint density at radius 1 is 1.33 bits per heavy atom. The summed E-state index contributed by atoms with van der Waals surface area (Å²) in [5, 5.41) is 9.86. The van der Waals surface area contributed by atoms with Crippen LogP contribution < -0.4 is 5.32 Å². The molecule has 2 aromatic rings. The molecule has 2 rings (SSSR count). The fraction of sp³-hybridized carbons (Fsp3) is 0.333. The molecule has 0 aliphatic heterocycles. The Labute approximate surface area is 113 Å². The molecule has 96 valence electrons. The van der Waals surface area contributed by atoms with Crippen LogP contribution in [0.5, 0.6) is 0 Å². The molecule has 0 bridgehead atoms. The summed E-state index contributed by atoms with van der Waals surface area (Å²) >= 11 is 3.24. The van der Waals surface area contributed by atoms with Crippen LogP contribution in [0.25, 0.3) is 0 Å². The van der Waals surface area contributed by atoms with E-state index < -0.39 is 0 Å². The number of nitrogens with one attached hydrogen (secondary N) is 2. The van der Waals surface area contributed by atoms with Crippen molar-refractivity contribution in [3.8, 4) is 0 Å². The van der Waals surface area contributed by atoms with Gasteiger partial charge in [-0.3, -0.25) is 5.10 Å². The lowest BCUT2D eigenvalue weighted by atomic mass is 10.1. The Kier molecular flexibility index (Phi) is 4.08. The predicted octanol–water partition coefficient (Wildman–Crippen LogP) is 3.12. The third-order valence-electron chi connectivity index (χ3n) is 2.77. The molecule has 0 amide bonds. The lowest BCUT2D eigenvalue weighted by molar-refractivity contribution is 0.460. The van der Waals surface area contributed by atoms with Crippen LogP contribution in [0.15, 0.2) is 29.0 Å². The Bertz CT molecular complexity index is 515. The summed E-state index contributed by atoms with van der Waals surface area (Å²) in [6.45, 7) is 3.87. The van der Waals surface area contributed by atoms with Crippen molar-refractivity contribution in [3.63, 3.8) is 0 Å². The molecule has 0 aliphatic carbocycles. The molecular formula is C12H14BrFN4. The molecule has 0 aliphatic rings. The second-order valence-corrected chi connectivity index (χ2v) is 5.06. The van der Waals surface area contributed by atoms with Gasteiger partial charge in [0.2, 0.25) is 0 Å². The maximum Gasteiger partial charge on any atom is 0.141 e. The second kappa shape index (κ2) is 5.58. The van der Waals surface area contributed by atoms with Crippen molar-refractivity contribution in [3.05, 3.63) is 46.2 Å². The summed E-state index contributed by atoms with van der Waals surface area (Å²) in [5.74, 6) is 0.508. The average Bonchev–Trinajstić information content (AvgIpc) is 2.81. The zero-order valence-corrected chi connectivity index (χ0v) is 11.7. The highest BCUT2D eigenvalue weighted by molar-refractivity contribution is 9.10. The summed E-state index contributed by atoms with van der Waals surface area (Å²) in [6.07, 6.45) is 1.46. The molecule has 1 aromatic carbocycles. The number of H-pyrrole nitrogens is 1. The van der Waals surface area contributed by atoms with E-state index in [9.17, 15) is 4.39 Å². The second-order valence-electron chi connectivity index (χ2n) is 4.15. The van der Waals surface area contributed by atoms with Crippen molar-refractivity contribution in [1.82, 2.24) is 20.5 Å². The van der Waals surface area contributed by atoms with Gasteiger partial charge in [0.1, 0.15) is 18.0 Å². The molecule has 4 nitrogen and oxygen atoms in total. The SMILES string of the molecule is CC(NC(C)c1ccc(Br)cc1F)c1ncn[nH]1. The summed E-state index contributed by atoms with van der Waals surface area (Å²) < 4.78 is 14.5. The number of hydrogen-bond donors (Lipinski definition) is 2. The van der Waals surface area contributed by atoms with Crippen molar-refractivity contribution >= 4 is 15.9 Å². The van der Waals surface area contributed by atoms with Gasteiger partial charge >= 0.3 is 0 Å². The molecule has 0 spiro atoms. The van der Waals surface area contributed by atoms with Gasteiger partial charge in [0.05, 0.1) is 6.04 Å². The predicted molar refractivity (Wildman–Crippen MR) is 70.4 cm³/mol. The van der Waals surface area contributed by atoms with Crippen LogP contribution in [-0.4, -0.2) is 15.2 Å². The summed E-state index contributed by atoms with van der Waals surface area (Å²) in [4.78, 5) is 4.07. The molecule has 1 aromatic heterocycles. The van der Waals surface area contributed by atoms with E-state index in [1.165, 1.54) is 12.4 Å². The van der Waals surface area contributed by atoms with E-state index in [4.69, 9.17) is 0 Å². The molecule has 0 radical (unpaired) electrons. The first-order valence-electron chi connectivity index (χ1n) is 5.64. The molecule has 18 heavy (non-hydrogen) atoms. The summed E-state index contributed by atoms with van der Waals surface area (Å²) in [5.41, 5.74) is 0.629. The van der Waals surface area contributed by atoms with Crippen molar-refractivity contribution in [2.75, 3.05) is 0 Å². The molecule has 2 N–H and O–H groups in total. The molecule has 1 heterocycles. The van der Waals surface area contributed by atoms with Gasteiger partial charge in [-0.05, 0) is 26.0 Å². The van der Waals surface area contributed by atoms with Crippen molar-refractivity contribution in [1.29, 1.82) is 0 Å². The van der Waals surface area contributed by atoms with Gasteiger partial charge in [-0.1, -0.05) is 22.0 Å².